The minimum Gasteiger partial charge on any atom is -0.748 e. The largest absolute Gasteiger partial charge is 0.748 e. The van der Waals surface area contributed by atoms with Gasteiger partial charge in [-0.15, -0.1) is 0 Å². The maximum Gasteiger partial charge on any atom is 0.270 e. The van der Waals surface area contributed by atoms with Gasteiger partial charge in [0.2, 0.25) is 5.88 Å². The molecule has 242 valence electrons. The summed E-state index contributed by atoms with van der Waals surface area (Å²) in [4.78, 5) is 5.45. The summed E-state index contributed by atoms with van der Waals surface area (Å²) in [6, 6.07) is 29.2. The van der Waals surface area contributed by atoms with Crippen LogP contribution in [-0.2, 0) is 10.1 Å². The van der Waals surface area contributed by atoms with Crippen molar-refractivity contribution in [1.29, 1.82) is 10.5 Å². The van der Waals surface area contributed by atoms with Crippen molar-refractivity contribution in [2.24, 2.45) is 5.92 Å². The molecule has 0 fully saturated rings. The number of fused-ring (bicyclic) bond motifs is 1. The van der Waals surface area contributed by atoms with Gasteiger partial charge in [0.05, 0.1) is 40.1 Å². The smallest absolute Gasteiger partial charge is 0.270 e. The number of ether oxygens (including phenoxy) is 1. The molecule has 1 aliphatic heterocycles. The molecule has 0 aromatic heterocycles. The Bertz CT molecular complexity index is 1810. The number of benzene rings is 3. The van der Waals surface area contributed by atoms with Crippen LogP contribution in [0.5, 0.6) is 5.75 Å². The number of hydrogen-bond donors (Lipinski definition) is 2. The molecule has 3 aromatic carbocycles. The fourth-order valence-corrected chi connectivity index (χ4v) is 4.97. The highest BCUT2D eigenvalue weighted by atomic mass is 32.2. The first kappa shape index (κ1) is 36.3. The van der Waals surface area contributed by atoms with Gasteiger partial charge < -0.3 is 24.4 Å². The lowest BCUT2D eigenvalue weighted by Crippen LogP contribution is -2.22. The van der Waals surface area contributed by atoms with Crippen molar-refractivity contribution >= 4 is 21.4 Å². The molecule has 0 saturated heterocycles. The van der Waals surface area contributed by atoms with Crippen LogP contribution in [0.2, 0.25) is 0 Å². The molecule has 0 aliphatic carbocycles. The number of aliphatic hydroxyl groups is 2. The van der Waals surface area contributed by atoms with Crippen LogP contribution in [0.4, 0.5) is 5.69 Å². The first-order chi connectivity index (χ1) is 22.6. The Morgan fingerprint density at radius 2 is 1.66 bits per heavy atom. The van der Waals surface area contributed by atoms with Crippen LogP contribution in [0.1, 0.15) is 31.2 Å². The van der Waals surface area contributed by atoms with E-state index in [-0.39, 0.29) is 36.0 Å². The summed E-state index contributed by atoms with van der Waals surface area (Å²) in [5.74, 6) is 1.29. The number of aliphatic hydroxyl groups excluding tert-OH is 2. The summed E-state index contributed by atoms with van der Waals surface area (Å²) in [5, 5.41) is 38.6. The van der Waals surface area contributed by atoms with E-state index in [1.165, 1.54) is 0 Å². The number of allylic oxidation sites excluding steroid dienone is 5. The Morgan fingerprint density at radius 1 is 1.00 bits per heavy atom. The van der Waals surface area contributed by atoms with Gasteiger partial charge in [0.1, 0.15) is 0 Å². The highest BCUT2D eigenvalue weighted by molar-refractivity contribution is 7.84. The molecule has 0 spiro atoms. The van der Waals surface area contributed by atoms with Crippen molar-refractivity contribution in [1.82, 2.24) is 0 Å². The molecule has 0 amide bonds. The van der Waals surface area contributed by atoms with E-state index in [1.54, 1.807) is 36.4 Å². The number of anilines is 1. The van der Waals surface area contributed by atoms with Gasteiger partial charge in [0.15, 0.2) is 5.75 Å². The molecule has 47 heavy (non-hydrogen) atoms. The first-order valence-electron chi connectivity index (χ1n) is 14.8. The van der Waals surface area contributed by atoms with Crippen molar-refractivity contribution in [2.75, 3.05) is 30.9 Å². The molecular formula is C36H35N4O6S-. The van der Waals surface area contributed by atoms with Crippen LogP contribution < -0.4 is 9.64 Å². The van der Waals surface area contributed by atoms with Gasteiger partial charge in [-0.25, -0.2) is 18.5 Å². The summed E-state index contributed by atoms with van der Waals surface area (Å²) in [6.07, 6.45) is 6.97. The van der Waals surface area contributed by atoms with Crippen LogP contribution in [-0.4, -0.2) is 49.2 Å². The SMILES string of the molecule is CS(=O)(=O)[O-].[C-]#[N+]/C(C#N)=C(\C(C#N)=CC=C1Oc2ccc(-c3ccccc3)cc2N1CCCCC(CO)CCO)c1ccccc1. The predicted octanol–water partition coefficient (Wildman–Crippen LogP) is 6.02. The Morgan fingerprint density at radius 3 is 2.23 bits per heavy atom. The molecule has 4 rings (SSSR count). The van der Waals surface area contributed by atoms with Gasteiger partial charge in [-0.3, -0.25) is 0 Å². The summed E-state index contributed by atoms with van der Waals surface area (Å²) in [6.45, 7) is 8.26. The molecule has 1 unspecified atom stereocenters. The standard InChI is InChI=1S/C35H32N4O3.CH4O3S/c1-38-31(24-37)35(28-13-6-3-7-14-28)30(23-36)16-18-34-39(20-9-8-10-26(25-41)19-21-40)32-22-29(15-17-33(32)42-34)27-11-4-2-5-12-27;1-5(2,3)4/h2-7,11-18,22,26,40-41H,8-10,19-21,25H2;1H3,(H,2,3,4)/p-1/b30-16?,34-18?,35-31-;. The van der Waals surface area contributed by atoms with Crippen LogP contribution in [0.15, 0.2) is 108 Å². The van der Waals surface area contributed by atoms with E-state index in [0.717, 1.165) is 36.1 Å². The average Bonchev–Trinajstić information content (AvgIpc) is 3.42. The number of nitriles is 2. The second-order valence-corrected chi connectivity index (χ2v) is 12.0. The maximum atomic E-state index is 10.1. The van der Waals surface area contributed by atoms with Crippen molar-refractivity contribution in [3.63, 3.8) is 0 Å². The van der Waals surface area contributed by atoms with Gasteiger partial charge >= 0.3 is 0 Å². The minimum atomic E-state index is -3.92. The molecule has 0 saturated carbocycles. The lowest BCUT2D eigenvalue weighted by Gasteiger charge is -2.19. The van der Waals surface area contributed by atoms with Crippen molar-refractivity contribution < 1.29 is 27.9 Å². The zero-order chi connectivity index (χ0) is 34.2. The van der Waals surface area contributed by atoms with Gasteiger partial charge in [-0.05, 0) is 60.1 Å². The molecule has 0 bridgehead atoms. The van der Waals surface area contributed by atoms with E-state index in [2.05, 4.69) is 34.0 Å². The second-order valence-electron chi connectivity index (χ2n) is 10.6. The van der Waals surface area contributed by atoms with E-state index >= 15 is 0 Å². The molecule has 3 aromatic rings. The average molecular weight is 652 g/mol. The number of rotatable bonds is 12. The summed E-state index contributed by atoms with van der Waals surface area (Å²) < 4.78 is 33.5. The van der Waals surface area contributed by atoms with Crippen molar-refractivity contribution in [3.05, 3.63) is 125 Å². The third-order valence-electron chi connectivity index (χ3n) is 7.18. The number of nitrogens with zero attached hydrogens (tertiary/aromatic N) is 4. The Labute approximate surface area is 276 Å². The van der Waals surface area contributed by atoms with Crippen LogP contribution in [0.25, 0.3) is 21.5 Å². The molecular weight excluding hydrogens is 616 g/mol. The highest BCUT2D eigenvalue weighted by Crippen LogP contribution is 2.42. The number of hydrogen-bond acceptors (Lipinski definition) is 9. The summed E-state index contributed by atoms with van der Waals surface area (Å²) in [7, 11) is -3.92. The normalized spacial score (nSPS) is 14.4. The molecule has 1 aliphatic rings. The zero-order valence-electron chi connectivity index (χ0n) is 25.9. The predicted molar refractivity (Wildman–Crippen MR) is 179 cm³/mol. The van der Waals surface area contributed by atoms with E-state index in [4.69, 9.17) is 24.3 Å². The first-order valence-corrected chi connectivity index (χ1v) is 16.6. The van der Waals surface area contributed by atoms with Crippen LogP contribution in [0.3, 0.4) is 0 Å². The lowest BCUT2D eigenvalue weighted by atomic mass is 9.96. The van der Waals surface area contributed by atoms with E-state index in [9.17, 15) is 20.7 Å². The van der Waals surface area contributed by atoms with Gasteiger partial charge in [-0.1, -0.05) is 73.2 Å². The van der Waals surface area contributed by atoms with E-state index in [0.29, 0.717) is 36.4 Å². The second kappa shape index (κ2) is 18.1. The fourth-order valence-electron chi connectivity index (χ4n) is 4.97. The molecule has 2 N–H and O–H groups in total. The van der Waals surface area contributed by atoms with Gasteiger partial charge in [0, 0.05) is 37.7 Å². The number of unbranched alkanes of at least 4 members (excludes halogenated alkanes) is 1. The summed E-state index contributed by atoms with van der Waals surface area (Å²) >= 11 is 0. The quantitative estimate of drug-likeness (QED) is 0.0784. The van der Waals surface area contributed by atoms with Gasteiger partial charge in [-0.2, -0.15) is 5.26 Å². The molecule has 10 nitrogen and oxygen atoms in total. The lowest BCUT2D eigenvalue weighted by molar-refractivity contribution is 0.175. The van der Waals surface area contributed by atoms with Crippen LogP contribution in [0, 0.1) is 35.2 Å². The van der Waals surface area contributed by atoms with Crippen molar-refractivity contribution in [3.8, 4) is 29.0 Å². The summed E-state index contributed by atoms with van der Waals surface area (Å²) in [5.41, 5.74) is 3.94. The molecule has 0 radical (unpaired) electrons. The minimum absolute atomic E-state index is 0.0517. The third kappa shape index (κ3) is 11.0. The Hall–Kier alpha value is -5.22. The Balaban J connectivity index is 0.00000111. The monoisotopic (exact) mass is 651 g/mol. The van der Waals surface area contributed by atoms with E-state index < -0.39 is 10.1 Å². The topological polar surface area (TPSA) is 162 Å². The molecule has 1 heterocycles. The van der Waals surface area contributed by atoms with E-state index in [1.807, 2.05) is 42.5 Å². The fraction of sp³-hybridized carbons (Fsp3) is 0.250. The molecule has 1 atom stereocenters. The Kier molecular flexibility index (Phi) is 13.9. The highest BCUT2D eigenvalue weighted by Gasteiger charge is 2.26. The van der Waals surface area contributed by atoms with Crippen LogP contribution >= 0.6 is 0 Å². The van der Waals surface area contributed by atoms with Crippen molar-refractivity contribution in [2.45, 2.75) is 25.7 Å². The molecule has 11 heteroatoms. The van der Waals surface area contributed by atoms with Gasteiger partial charge in [0.25, 0.3) is 5.70 Å². The zero-order valence-corrected chi connectivity index (χ0v) is 26.7. The maximum absolute atomic E-state index is 10.1. The third-order valence-corrected chi connectivity index (χ3v) is 7.18.